The zero-order valence-corrected chi connectivity index (χ0v) is 11.2. The maximum atomic E-state index is 12.0. The zero-order valence-electron chi connectivity index (χ0n) is 10.5. The topological polar surface area (TPSA) is 45.2 Å². The van der Waals surface area contributed by atoms with Gasteiger partial charge in [0.05, 0.1) is 16.3 Å². The van der Waals surface area contributed by atoms with Crippen LogP contribution in [0, 0.1) is 6.92 Å². The van der Waals surface area contributed by atoms with Crippen LogP contribution in [0.4, 0.5) is 0 Å². The minimum Gasteiger partial charge on any atom is -0.321 e. The Balaban J connectivity index is 2.23. The quantitative estimate of drug-likeness (QED) is 0.624. The van der Waals surface area contributed by atoms with Crippen LogP contribution in [0.5, 0.6) is 0 Å². The molecular formula is C15H13ClN2O. The van der Waals surface area contributed by atoms with Gasteiger partial charge in [-0.25, -0.2) is 0 Å². The molecule has 1 aromatic heterocycles. The number of rotatable bonds is 1. The van der Waals surface area contributed by atoms with E-state index in [0.29, 0.717) is 17.0 Å². The average molecular weight is 273 g/mol. The number of nitrogens with one attached hydrogen (secondary N) is 1. The molecule has 2 aromatic rings. The van der Waals surface area contributed by atoms with Gasteiger partial charge in [-0.1, -0.05) is 47.5 Å². The summed E-state index contributed by atoms with van der Waals surface area (Å²) in [5.41, 5.74) is 2.53. The van der Waals surface area contributed by atoms with Gasteiger partial charge in [0.1, 0.15) is 5.50 Å². The number of aryl methyl sites for hydroxylation is 1. The second kappa shape index (κ2) is 4.67. The van der Waals surface area contributed by atoms with Crippen LogP contribution in [0.15, 0.2) is 40.1 Å². The van der Waals surface area contributed by atoms with Gasteiger partial charge in [0.25, 0.3) is 5.56 Å². The lowest BCUT2D eigenvalue weighted by Crippen LogP contribution is -2.43. The van der Waals surface area contributed by atoms with Crippen molar-refractivity contribution in [2.45, 2.75) is 18.8 Å². The van der Waals surface area contributed by atoms with Crippen LogP contribution in [0.2, 0.25) is 0 Å². The van der Waals surface area contributed by atoms with Gasteiger partial charge in [-0.2, -0.15) is 0 Å². The number of hydrogen-bond donors (Lipinski definition) is 1. The first-order chi connectivity index (χ1) is 9.13. The molecule has 0 radical (unpaired) electrons. The Morgan fingerprint density at radius 2 is 2.05 bits per heavy atom. The average Bonchev–Trinajstić information content (AvgIpc) is 2.38. The molecule has 4 heteroatoms. The third-order valence-corrected chi connectivity index (χ3v) is 3.48. The van der Waals surface area contributed by atoms with Crippen molar-refractivity contribution in [3.63, 3.8) is 0 Å². The predicted molar refractivity (Wildman–Crippen MR) is 76.7 cm³/mol. The number of pyridine rings is 1. The molecule has 3 rings (SSSR count). The molecule has 96 valence electrons. The molecule has 0 spiro atoms. The lowest BCUT2D eigenvalue weighted by Gasteiger charge is -2.07. The van der Waals surface area contributed by atoms with Crippen LogP contribution in [0.25, 0.3) is 17.3 Å². The first-order valence-corrected chi connectivity index (χ1v) is 6.59. The number of nitrogens with zero attached hydrogens (tertiary/aromatic N) is 1. The molecule has 1 aromatic carbocycles. The van der Waals surface area contributed by atoms with Crippen molar-refractivity contribution in [2.24, 2.45) is 4.99 Å². The molecule has 0 saturated heterocycles. The van der Waals surface area contributed by atoms with Gasteiger partial charge in [-0.3, -0.25) is 9.79 Å². The Morgan fingerprint density at radius 1 is 1.32 bits per heavy atom. The van der Waals surface area contributed by atoms with Crippen LogP contribution in [0.1, 0.15) is 12.0 Å². The predicted octanol–water partition coefficient (Wildman–Crippen LogP) is 1.72. The van der Waals surface area contributed by atoms with Crippen LogP contribution in [-0.4, -0.2) is 10.5 Å². The zero-order chi connectivity index (χ0) is 13.4. The molecule has 1 N–H and O–H groups in total. The molecule has 0 saturated carbocycles. The fraction of sp³-hybridized carbons (Fsp3) is 0.200. The Labute approximate surface area is 115 Å². The van der Waals surface area contributed by atoms with Crippen molar-refractivity contribution in [1.82, 2.24) is 4.98 Å². The van der Waals surface area contributed by atoms with Crippen molar-refractivity contribution >= 4 is 17.7 Å². The summed E-state index contributed by atoms with van der Waals surface area (Å²) in [5, 5.41) is 1.29. The monoisotopic (exact) mass is 272 g/mol. The smallest absolute Gasteiger partial charge is 0.257 e. The second-order valence-corrected chi connectivity index (χ2v) is 5.18. The largest absolute Gasteiger partial charge is 0.321 e. The van der Waals surface area contributed by atoms with E-state index in [1.165, 1.54) is 5.56 Å². The van der Waals surface area contributed by atoms with Crippen LogP contribution >= 0.6 is 11.6 Å². The number of H-pyrrole nitrogens is 1. The van der Waals surface area contributed by atoms with Crippen LogP contribution < -0.4 is 16.1 Å². The maximum absolute atomic E-state index is 12.0. The highest BCUT2D eigenvalue weighted by molar-refractivity contribution is 6.20. The SMILES string of the molecule is Cc1ccc(-c2cc3c(c(=O)[nH]2)=CCC(Cl)N=3)cc1. The summed E-state index contributed by atoms with van der Waals surface area (Å²) in [5.74, 6) is 0. The Bertz CT molecular complexity index is 790. The van der Waals surface area contributed by atoms with E-state index in [4.69, 9.17) is 11.6 Å². The van der Waals surface area contributed by atoms with E-state index in [-0.39, 0.29) is 11.1 Å². The van der Waals surface area contributed by atoms with Crippen molar-refractivity contribution in [1.29, 1.82) is 0 Å². The number of benzene rings is 1. The van der Waals surface area contributed by atoms with Crippen molar-refractivity contribution in [3.05, 3.63) is 56.8 Å². The number of halogens is 1. The maximum Gasteiger partial charge on any atom is 0.257 e. The molecule has 3 nitrogen and oxygen atoms in total. The lowest BCUT2D eigenvalue weighted by molar-refractivity contribution is 0.876. The third-order valence-electron chi connectivity index (χ3n) is 3.21. The van der Waals surface area contributed by atoms with Gasteiger partial charge in [0.2, 0.25) is 0 Å². The molecule has 0 bridgehead atoms. The Kier molecular flexibility index (Phi) is 2.99. The molecule has 1 unspecified atom stereocenters. The Hall–Kier alpha value is -1.87. The standard InChI is InChI=1S/C15H13ClN2O/c1-9-2-4-10(5-3-9)12-8-13-11(15(19)18-12)6-7-14(16)17-13/h2-6,8,14H,7H2,1H3,(H,18,19). The number of hydrogen-bond acceptors (Lipinski definition) is 2. The summed E-state index contributed by atoms with van der Waals surface area (Å²) in [6.45, 7) is 2.03. The van der Waals surface area contributed by atoms with Crippen molar-refractivity contribution in [3.8, 4) is 11.3 Å². The first-order valence-electron chi connectivity index (χ1n) is 6.16. The third kappa shape index (κ3) is 2.34. The van der Waals surface area contributed by atoms with E-state index < -0.39 is 0 Å². The lowest BCUT2D eigenvalue weighted by atomic mass is 10.1. The van der Waals surface area contributed by atoms with Crippen molar-refractivity contribution in [2.75, 3.05) is 0 Å². The van der Waals surface area contributed by atoms with Crippen LogP contribution in [0.3, 0.4) is 0 Å². The first kappa shape index (κ1) is 12.2. The normalized spacial score (nSPS) is 17.3. The molecule has 0 fully saturated rings. The van der Waals surface area contributed by atoms with Gasteiger partial charge in [-0.05, 0) is 18.6 Å². The van der Waals surface area contributed by atoms with Gasteiger partial charge >= 0.3 is 0 Å². The van der Waals surface area contributed by atoms with E-state index in [1.807, 2.05) is 43.3 Å². The van der Waals surface area contributed by atoms with Crippen molar-refractivity contribution < 1.29 is 0 Å². The van der Waals surface area contributed by atoms with E-state index in [2.05, 4.69) is 9.98 Å². The highest BCUT2D eigenvalue weighted by Gasteiger charge is 2.08. The molecular weight excluding hydrogens is 260 g/mol. The van der Waals surface area contributed by atoms with E-state index in [1.54, 1.807) is 0 Å². The number of fused-ring (bicyclic) bond motifs is 1. The minimum atomic E-state index is -0.278. The van der Waals surface area contributed by atoms with Gasteiger partial charge in [0.15, 0.2) is 0 Å². The fourth-order valence-electron chi connectivity index (χ4n) is 2.17. The van der Waals surface area contributed by atoms with Crippen LogP contribution in [-0.2, 0) is 0 Å². The number of aromatic nitrogens is 1. The van der Waals surface area contributed by atoms with Gasteiger partial charge < -0.3 is 4.98 Å². The molecule has 0 amide bonds. The molecule has 1 aliphatic rings. The van der Waals surface area contributed by atoms with E-state index >= 15 is 0 Å². The molecule has 1 aliphatic heterocycles. The molecule has 0 aliphatic carbocycles. The number of alkyl halides is 1. The summed E-state index contributed by atoms with van der Waals surface area (Å²) < 4.78 is 0. The molecule has 2 heterocycles. The van der Waals surface area contributed by atoms with Gasteiger partial charge in [0, 0.05) is 6.42 Å². The summed E-state index contributed by atoms with van der Waals surface area (Å²) in [4.78, 5) is 19.3. The summed E-state index contributed by atoms with van der Waals surface area (Å²) >= 11 is 6.01. The summed E-state index contributed by atoms with van der Waals surface area (Å²) in [6.07, 6.45) is 2.44. The molecule has 1 atom stereocenters. The summed E-state index contributed by atoms with van der Waals surface area (Å²) in [6, 6.07) is 9.88. The number of aromatic amines is 1. The highest BCUT2D eigenvalue weighted by Crippen LogP contribution is 2.14. The van der Waals surface area contributed by atoms with E-state index in [9.17, 15) is 4.79 Å². The highest BCUT2D eigenvalue weighted by atomic mass is 35.5. The molecule has 19 heavy (non-hydrogen) atoms. The fourth-order valence-corrected chi connectivity index (χ4v) is 2.36. The Morgan fingerprint density at radius 3 is 2.79 bits per heavy atom. The van der Waals surface area contributed by atoms with E-state index in [0.717, 1.165) is 11.3 Å². The van der Waals surface area contributed by atoms with Gasteiger partial charge in [-0.15, -0.1) is 0 Å². The second-order valence-electron chi connectivity index (χ2n) is 4.68. The summed E-state index contributed by atoms with van der Waals surface area (Å²) in [7, 11) is 0. The minimum absolute atomic E-state index is 0.111.